The van der Waals surface area contributed by atoms with Gasteiger partial charge in [-0.15, -0.1) is 0 Å². The number of carbonyl (C=O) groups excluding carboxylic acids is 4. The molecule has 0 aromatic heterocycles. The number of hydrogen-bond acceptors (Lipinski definition) is 10. The molecule has 2 aliphatic rings. The summed E-state index contributed by atoms with van der Waals surface area (Å²) in [4.78, 5) is 55.2. The van der Waals surface area contributed by atoms with Crippen LogP contribution < -0.4 is 27.4 Å². The van der Waals surface area contributed by atoms with Gasteiger partial charge in [0.1, 0.15) is 24.9 Å². The molecule has 3 atom stereocenters. The maximum atomic E-state index is 13.5. The maximum absolute atomic E-state index is 13.5. The number of hydrogen-bond donors (Lipinski definition) is 5. The highest BCUT2D eigenvalue weighted by atomic mass is 16.6. The Kier molecular flexibility index (Phi) is 14.9. The molecule has 0 saturated carbocycles. The number of nitrogens with two attached hydrogens (primary N) is 2. The Morgan fingerprint density at radius 3 is 2.07 bits per heavy atom. The van der Waals surface area contributed by atoms with Crippen LogP contribution in [0.15, 0.2) is 103 Å². The van der Waals surface area contributed by atoms with E-state index < -0.39 is 30.5 Å². The van der Waals surface area contributed by atoms with Gasteiger partial charge in [0.05, 0.1) is 13.2 Å². The molecule has 306 valence electrons. The van der Waals surface area contributed by atoms with E-state index in [1.165, 1.54) is 0 Å². The van der Waals surface area contributed by atoms with Gasteiger partial charge in [0, 0.05) is 70.0 Å². The van der Waals surface area contributed by atoms with Crippen LogP contribution in [0.3, 0.4) is 0 Å². The number of amides is 5. The summed E-state index contributed by atoms with van der Waals surface area (Å²) in [5.74, 6) is -0.251. The fourth-order valence-corrected chi connectivity index (χ4v) is 6.59. The minimum atomic E-state index is -0.736. The van der Waals surface area contributed by atoms with Crippen LogP contribution in [0.4, 0.5) is 20.1 Å². The zero-order valence-electron chi connectivity index (χ0n) is 32.3. The molecule has 0 aliphatic carbocycles. The van der Waals surface area contributed by atoms with Gasteiger partial charge in [-0.25, -0.2) is 14.4 Å². The highest BCUT2D eigenvalue weighted by Gasteiger charge is 2.40. The standard InChI is InChI=1S/C43H51N7O8/c44-24-30-9-11-31(12-10-30)26-47-41(52)49-18-20-50(21-19-49)43(54)58-37-17-22-55-38(39(37)56-28-33-5-2-1-3-6-33)29-57-42(53)48-27-34-7-4-8-35(23-34)40(51)46-25-32-13-15-36(45)16-14-32/h1-16,23,37-39H,17-22,24-29,44-45H2,(H,46,51)(H,47,52)(H,48,53)/t37-,38-,39+/m1/s1. The number of rotatable bonds is 14. The van der Waals surface area contributed by atoms with Crippen LogP contribution in [0, 0.1) is 0 Å². The lowest BCUT2D eigenvalue weighted by molar-refractivity contribution is -0.177. The molecule has 7 N–H and O–H groups in total. The molecule has 0 radical (unpaired) electrons. The highest BCUT2D eigenvalue weighted by Crippen LogP contribution is 2.24. The normalized spacial score (nSPS) is 17.8. The van der Waals surface area contributed by atoms with Crippen LogP contribution in [0.2, 0.25) is 0 Å². The Balaban J connectivity index is 0.980. The molecule has 58 heavy (non-hydrogen) atoms. The molecular formula is C43H51N7O8. The van der Waals surface area contributed by atoms with Gasteiger partial charge < -0.3 is 56.2 Å². The molecule has 0 bridgehead atoms. The van der Waals surface area contributed by atoms with Crippen molar-refractivity contribution in [3.63, 3.8) is 0 Å². The first-order valence-electron chi connectivity index (χ1n) is 19.4. The van der Waals surface area contributed by atoms with E-state index in [1.807, 2.05) is 66.7 Å². The lowest BCUT2D eigenvalue weighted by atomic mass is 10.0. The molecule has 5 amide bonds. The fourth-order valence-electron chi connectivity index (χ4n) is 6.59. The van der Waals surface area contributed by atoms with E-state index in [1.54, 1.807) is 46.2 Å². The number of carbonyl (C=O) groups is 4. The van der Waals surface area contributed by atoms with Gasteiger partial charge in [-0.1, -0.05) is 78.9 Å². The van der Waals surface area contributed by atoms with Gasteiger partial charge >= 0.3 is 18.2 Å². The molecule has 2 aliphatic heterocycles. The van der Waals surface area contributed by atoms with Crippen molar-refractivity contribution in [3.8, 4) is 0 Å². The van der Waals surface area contributed by atoms with Gasteiger partial charge in [0.15, 0.2) is 0 Å². The summed E-state index contributed by atoms with van der Waals surface area (Å²) in [5.41, 5.74) is 17.0. The van der Waals surface area contributed by atoms with E-state index >= 15 is 0 Å². The Labute approximate surface area is 337 Å². The molecule has 2 fully saturated rings. The van der Waals surface area contributed by atoms with Gasteiger partial charge in [-0.3, -0.25) is 4.79 Å². The van der Waals surface area contributed by atoms with E-state index in [0.29, 0.717) is 69.0 Å². The number of nitrogens with zero attached hydrogens (tertiary/aromatic N) is 2. The Bertz CT molecular complexity index is 1960. The topological polar surface area (TPSA) is 200 Å². The number of urea groups is 1. The first-order valence-corrected chi connectivity index (χ1v) is 19.4. The number of nitrogen functional groups attached to an aromatic ring is 1. The average Bonchev–Trinajstić information content (AvgIpc) is 3.26. The molecule has 15 heteroatoms. The third-order valence-electron chi connectivity index (χ3n) is 9.97. The number of piperazine rings is 1. The summed E-state index contributed by atoms with van der Waals surface area (Å²) in [7, 11) is 0. The molecular weight excluding hydrogens is 743 g/mol. The van der Waals surface area contributed by atoms with Crippen molar-refractivity contribution in [2.24, 2.45) is 5.73 Å². The van der Waals surface area contributed by atoms with Gasteiger partial charge in [-0.2, -0.15) is 0 Å². The molecule has 0 spiro atoms. The van der Waals surface area contributed by atoms with Gasteiger partial charge in [0.25, 0.3) is 5.91 Å². The lowest BCUT2D eigenvalue weighted by Gasteiger charge is -2.39. The van der Waals surface area contributed by atoms with Crippen LogP contribution in [-0.2, 0) is 51.7 Å². The van der Waals surface area contributed by atoms with Crippen molar-refractivity contribution < 1.29 is 38.1 Å². The number of anilines is 1. The van der Waals surface area contributed by atoms with Crippen molar-refractivity contribution in [2.75, 3.05) is 45.1 Å². The molecule has 0 unspecified atom stereocenters. The Morgan fingerprint density at radius 1 is 0.707 bits per heavy atom. The second-order valence-corrected chi connectivity index (χ2v) is 14.1. The molecule has 4 aromatic carbocycles. The second kappa shape index (κ2) is 20.8. The summed E-state index contributed by atoms with van der Waals surface area (Å²) < 4.78 is 23.9. The van der Waals surface area contributed by atoms with E-state index in [-0.39, 0.29) is 38.3 Å². The molecule has 2 heterocycles. The summed E-state index contributed by atoms with van der Waals surface area (Å²) >= 11 is 0. The van der Waals surface area contributed by atoms with E-state index in [2.05, 4.69) is 16.0 Å². The smallest absolute Gasteiger partial charge is 0.410 e. The van der Waals surface area contributed by atoms with Crippen molar-refractivity contribution in [1.29, 1.82) is 0 Å². The SMILES string of the molecule is NCc1ccc(CNC(=O)N2CCN(C(=O)O[C@@H]3CCO[C@H](COC(=O)NCc4cccc(C(=O)NCc5ccc(N)cc5)c4)[C@H]3OCc3ccccc3)CC2)cc1. The minimum Gasteiger partial charge on any atom is -0.447 e. The fraction of sp³-hybridized carbons (Fsp3) is 0.349. The largest absolute Gasteiger partial charge is 0.447 e. The molecule has 15 nitrogen and oxygen atoms in total. The van der Waals surface area contributed by atoms with Crippen molar-refractivity contribution in [2.45, 2.75) is 57.5 Å². The third kappa shape index (κ3) is 12.2. The molecule has 2 saturated heterocycles. The second-order valence-electron chi connectivity index (χ2n) is 14.1. The zero-order valence-corrected chi connectivity index (χ0v) is 32.3. The lowest BCUT2D eigenvalue weighted by Crippen LogP contribution is -2.55. The van der Waals surface area contributed by atoms with Crippen molar-refractivity contribution >= 4 is 29.8 Å². The van der Waals surface area contributed by atoms with E-state index in [0.717, 1.165) is 22.3 Å². The molecule has 6 rings (SSSR count). The van der Waals surface area contributed by atoms with Crippen molar-refractivity contribution in [3.05, 3.63) is 137 Å². The molecule has 4 aromatic rings. The summed E-state index contributed by atoms with van der Waals surface area (Å²) in [6.07, 6.45) is -2.95. The zero-order chi connectivity index (χ0) is 40.7. The minimum absolute atomic E-state index is 0.121. The third-order valence-corrected chi connectivity index (χ3v) is 9.97. The predicted molar refractivity (Wildman–Crippen MR) is 216 cm³/mol. The average molecular weight is 794 g/mol. The van der Waals surface area contributed by atoms with Crippen LogP contribution in [0.25, 0.3) is 0 Å². The summed E-state index contributed by atoms with van der Waals surface area (Å²) in [6, 6.07) is 31.3. The number of nitrogens with one attached hydrogen (secondary N) is 3. The van der Waals surface area contributed by atoms with E-state index in [9.17, 15) is 19.2 Å². The predicted octanol–water partition coefficient (Wildman–Crippen LogP) is 4.29. The summed E-state index contributed by atoms with van der Waals surface area (Å²) in [5, 5.41) is 8.56. The van der Waals surface area contributed by atoms with E-state index in [4.69, 9.17) is 30.4 Å². The summed E-state index contributed by atoms with van der Waals surface area (Å²) in [6.45, 7) is 2.94. The Hall–Kier alpha value is -6.16. The number of ether oxygens (including phenoxy) is 4. The van der Waals surface area contributed by atoms with Gasteiger partial charge in [-0.05, 0) is 52.1 Å². The highest BCUT2D eigenvalue weighted by molar-refractivity contribution is 5.94. The van der Waals surface area contributed by atoms with Crippen molar-refractivity contribution in [1.82, 2.24) is 25.8 Å². The first kappa shape index (κ1) is 41.5. The maximum Gasteiger partial charge on any atom is 0.410 e. The van der Waals surface area contributed by atoms with Crippen LogP contribution in [0.5, 0.6) is 0 Å². The van der Waals surface area contributed by atoms with Crippen LogP contribution >= 0.6 is 0 Å². The quantitative estimate of drug-likeness (QED) is 0.115. The van der Waals surface area contributed by atoms with Crippen LogP contribution in [0.1, 0.15) is 44.6 Å². The van der Waals surface area contributed by atoms with Gasteiger partial charge in [0.2, 0.25) is 0 Å². The Morgan fingerprint density at radius 2 is 1.34 bits per heavy atom. The monoisotopic (exact) mass is 793 g/mol. The number of alkyl carbamates (subject to hydrolysis) is 1. The first-order chi connectivity index (χ1) is 28.2. The number of benzene rings is 4. The van der Waals surface area contributed by atoms with Crippen LogP contribution in [-0.4, -0.2) is 91.6 Å².